The number of hydrogen-bond donors (Lipinski definition) is 2. The smallest absolute Gasteiger partial charge is 0.226 e. The van der Waals surface area contributed by atoms with Crippen molar-refractivity contribution in [3.8, 4) is 0 Å². The van der Waals surface area contributed by atoms with Crippen molar-refractivity contribution in [1.29, 1.82) is 0 Å². The Morgan fingerprint density at radius 3 is 2.71 bits per heavy atom. The van der Waals surface area contributed by atoms with Crippen LogP contribution in [0.25, 0.3) is 0 Å². The van der Waals surface area contributed by atoms with Crippen LogP contribution in [0.15, 0.2) is 30.3 Å². The molecule has 1 amide bonds. The lowest BCUT2D eigenvalue weighted by molar-refractivity contribution is -0.135. The van der Waals surface area contributed by atoms with Crippen LogP contribution < -0.4 is 10.6 Å². The average molecular weight is 286 g/mol. The predicted molar refractivity (Wildman–Crippen MR) is 79.6 cm³/mol. The van der Waals surface area contributed by atoms with E-state index >= 15 is 0 Å². The SMILES string of the molecule is O=C(NC1C2CNCC21)C1CCCOC1c1ccccc1. The molecule has 2 saturated heterocycles. The normalized spacial score (nSPS) is 37.8. The second kappa shape index (κ2) is 5.43. The van der Waals surface area contributed by atoms with E-state index < -0.39 is 0 Å². The topological polar surface area (TPSA) is 50.4 Å². The van der Waals surface area contributed by atoms with E-state index in [1.165, 1.54) is 0 Å². The van der Waals surface area contributed by atoms with Gasteiger partial charge in [0, 0.05) is 25.7 Å². The van der Waals surface area contributed by atoms with Gasteiger partial charge in [-0.2, -0.15) is 0 Å². The average Bonchev–Trinajstić information content (AvgIpc) is 2.97. The highest BCUT2D eigenvalue weighted by Crippen LogP contribution is 2.42. The molecule has 4 unspecified atom stereocenters. The van der Waals surface area contributed by atoms with Crippen LogP contribution >= 0.6 is 0 Å². The highest BCUT2D eigenvalue weighted by Gasteiger charge is 2.54. The maximum Gasteiger partial charge on any atom is 0.226 e. The fraction of sp³-hybridized carbons (Fsp3) is 0.588. The van der Waals surface area contributed by atoms with E-state index in [0.29, 0.717) is 17.9 Å². The fourth-order valence-electron chi connectivity index (χ4n) is 3.92. The van der Waals surface area contributed by atoms with E-state index in [-0.39, 0.29) is 17.9 Å². The summed E-state index contributed by atoms with van der Waals surface area (Å²) in [6.45, 7) is 2.86. The van der Waals surface area contributed by atoms with Crippen LogP contribution in [0.4, 0.5) is 0 Å². The summed E-state index contributed by atoms with van der Waals surface area (Å²) in [5, 5.41) is 6.63. The first-order chi connectivity index (χ1) is 10.3. The van der Waals surface area contributed by atoms with Crippen LogP contribution in [0, 0.1) is 17.8 Å². The number of amides is 1. The van der Waals surface area contributed by atoms with E-state index in [4.69, 9.17) is 4.74 Å². The van der Waals surface area contributed by atoms with Gasteiger partial charge < -0.3 is 15.4 Å². The third kappa shape index (κ3) is 2.47. The van der Waals surface area contributed by atoms with Gasteiger partial charge in [0.25, 0.3) is 0 Å². The summed E-state index contributed by atoms with van der Waals surface area (Å²) in [4.78, 5) is 12.7. The highest BCUT2D eigenvalue weighted by atomic mass is 16.5. The van der Waals surface area contributed by atoms with Crippen LogP contribution in [0.5, 0.6) is 0 Å². The largest absolute Gasteiger partial charge is 0.373 e. The Morgan fingerprint density at radius 2 is 1.95 bits per heavy atom. The highest BCUT2D eigenvalue weighted by molar-refractivity contribution is 5.80. The molecule has 0 bridgehead atoms. The van der Waals surface area contributed by atoms with Crippen LogP contribution in [0.3, 0.4) is 0 Å². The molecule has 0 spiro atoms. The Labute approximate surface area is 125 Å². The predicted octanol–water partition coefficient (Wildman–Crippen LogP) is 1.49. The number of fused-ring (bicyclic) bond motifs is 1. The lowest BCUT2D eigenvalue weighted by Crippen LogP contribution is -2.41. The summed E-state index contributed by atoms with van der Waals surface area (Å²) in [6.07, 6.45) is 1.81. The number of carbonyl (C=O) groups excluding carboxylic acids is 1. The standard InChI is InChI=1S/C17H22N2O2/c20-17(19-15-13-9-18-10-14(13)15)12-7-4-8-21-16(12)11-5-2-1-3-6-11/h1-3,5-6,12-16,18H,4,7-10H2,(H,19,20). The maximum absolute atomic E-state index is 12.7. The molecule has 3 fully saturated rings. The molecule has 112 valence electrons. The van der Waals surface area contributed by atoms with Gasteiger partial charge in [-0.25, -0.2) is 0 Å². The summed E-state index contributed by atoms with van der Waals surface area (Å²) < 4.78 is 5.92. The van der Waals surface area contributed by atoms with Crippen molar-refractivity contribution in [3.05, 3.63) is 35.9 Å². The van der Waals surface area contributed by atoms with Crippen molar-refractivity contribution in [2.75, 3.05) is 19.7 Å². The Morgan fingerprint density at radius 1 is 1.19 bits per heavy atom. The zero-order valence-corrected chi connectivity index (χ0v) is 12.1. The van der Waals surface area contributed by atoms with Crippen LogP contribution in [0.1, 0.15) is 24.5 Å². The van der Waals surface area contributed by atoms with Crippen molar-refractivity contribution in [2.24, 2.45) is 17.8 Å². The number of benzene rings is 1. The molecule has 2 aliphatic heterocycles. The van der Waals surface area contributed by atoms with Crippen molar-refractivity contribution in [2.45, 2.75) is 25.0 Å². The fourth-order valence-corrected chi connectivity index (χ4v) is 3.92. The summed E-state index contributed by atoms with van der Waals surface area (Å²) in [5.41, 5.74) is 1.12. The first-order valence-corrected chi connectivity index (χ1v) is 8.02. The molecule has 1 saturated carbocycles. The van der Waals surface area contributed by atoms with Crippen LogP contribution in [0.2, 0.25) is 0 Å². The monoisotopic (exact) mass is 286 g/mol. The second-order valence-electron chi connectivity index (χ2n) is 6.47. The maximum atomic E-state index is 12.7. The number of ether oxygens (including phenoxy) is 1. The molecule has 4 atom stereocenters. The number of nitrogens with one attached hydrogen (secondary N) is 2. The first-order valence-electron chi connectivity index (χ1n) is 8.02. The number of carbonyl (C=O) groups is 1. The minimum absolute atomic E-state index is 0.0459. The molecule has 4 heteroatoms. The molecule has 4 nitrogen and oxygen atoms in total. The van der Waals surface area contributed by atoms with Gasteiger partial charge in [0.15, 0.2) is 0 Å². The molecular formula is C17H22N2O2. The zero-order chi connectivity index (χ0) is 14.2. The molecule has 1 aliphatic carbocycles. The van der Waals surface area contributed by atoms with E-state index in [1.54, 1.807) is 0 Å². The van der Waals surface area contributed by atoms with E-state index in [9.17, 15) is 4.79 Å². The van der Waals surface area contributed by atoms with Gasteiger partial charge in [-0.1, -0.05) is 30.3 Å². The quantitative estimate of drug-likeness (QED) is 0.885. The van der Waals surface area contributed by atoms with Gasteiger partial charge >= 0.3 is 0 Å². The molecule has 0 aromatic heterocycles. The lowest BCUT2D eigenvalue weighted by atomic mass is 9.88. The van der Waals surface area contributed by atoms with Crippen LogP contribution in [-0.2, 0) is 9.53 Å². The van der Waals surface area contributed by atoms with Crippen molar-refractivity contribution in [3.63, 3.8) is 0 Å². The molecule has 3 aliphatic rings. The van der Waals surface area contributed by atoms with Crippen molar-refractivity contribution >= 4 is 5.91 Å². The van der Waals surface area contributed by atoms with Gasteiger partial charge in [-0.05, 0) is 30.2 Å². The first kappa shape index (κ1) is 13.3. The summed E-state index contributed by atoms with van der Waals surface area (Å²) in [5.74, 6) is 1.46. The molecule has 2 heterocycles. The molecule has 2 N–H and O–H groups in total. The van der Waals surface area contributed by atoms with Gasteiger partial charge in [0.2, 0.25) is 5.91 Å². The summed E-state index contributed by atoms with van der Waals surface area (Å²) >= 11 is 0. The van der Waals surface area contributed by atoms with E-state index in [0.717, 1.165) is 38.1 Å². The molecule has 0 radical (unpaired) electrons. The van der Waals surface area contributed by atoms with E-state index in [2.05, 4.69) is 22.8 Å². The Hall–Kier alpha value is -1.39. The number of rotatable bonds is 3. The zero-order valence-electron chi connectivity index (χ0n) is 12.1. The second-order valence-corrected chi connectivity index (χ2v) is 6.47. The third-order valence-corrected chi connectivity index (χ3v) is 5.19. The van der Waals surface area contributed by atoms with Gasteiger partial charge in [-0.15, -0.1) is 0 Å². The Balaban J connectivity index is 1.45. The molecule has 1 aromatic rings. The number of hydrogen-bond acceptors (Lipinski definition) is 3. The van der Waals surface area contributed by atoms with Gasteiger partial charge in [0.05, 0.1) is 12.0 Å². The summed E-state index contributed by atoms with van der Waals surface area (Å²) in [6, 6.07) is 10.5. The molecule has 4 rings (SSSR count). The number of piperidine rings is 1. The Kier molecular flexibility index (Phi) is 3.43. The lowest BCUT2D eigenvalue weighted by Gasteiger charge is -2.31. The molecule has 21 heavy (non-hydrogen) atoms. The van der Waals surface area contributed by atoms with Gasteiger partial charge in [-0.3, -0.25) is 4.79 Å². The minimum Gasteiger partial charge on any atom is -0.373 e. The third-order valence-electron chi connectivity index (χ3n) is 5.19. The Bertz CT molecular complexity index is 509. The van der Waals surface area contributed by atoms with Crippen LogP contribution in [-0.4, -0.2) is 31.6 Å². The summed E-state index contributed by atoms with van der Waals surface area (Å²) in [7, 11) is 0. The molecule has 1 aromatic carbocycles. The van der Waals surface area contributed by atoms with Crippen molar-refractivity contribution < 1.29 is 9.53 Å². The van der Waals surface area contributed by atoms with Crippen molar-refractivity contribution in [1.82, 2.24) is 10.6 Å². The van der Waals surface area contributed by atoms with E-state index in [1.807, 2.05) is 18.2 Å². The molecular weight excluding hydrogens is 264 g/mol. The van der Waals surface area contributed by atoms with Gasteiger partial charge in [0.1, 0.15) is 0 Å². The minimum atomic E-state index is -0.0864.